The summed E-state index contributed by atoms with van der Waals surface area (Å²) in [5, 5.41) is 11.2. The standard InChI is InChI=1S/C23H22F4N4OS/c24-18-12-6-4-10-16(18)21-29-30-22(31(21)15-8-2-1-3-9-15)33-14-20(32)28-19-13-7-5-11-17(19)23(25,26)27/h4-7,10-13,15H,1-3,8-9,14H2,(H,28,32). The third-order valence-electron chi connectivity index (χ3n) is 5.56. The van der Waals surface area contributed by atoms with Crippen LogP contribution in [-0.2, 0) is 11.0 Å². The van der Waals surface area contributed by atoms with E-state index in [2.05, 4.69) is 15.5 Å². The van der Waals surface area contributed by atoms with Gasteiger partial charge in [0.25, 0.3) is 0 Å². The predicted octanol–water partition coefficient (Wildman–Crippen LogP) is 6.34. The Morgan fingerprint density at radius 2 is 1.73 bits per heavy atom. The van der Waals surface area contributed by atoms with Crippen LogP contribution in [0.3, 0.4) is 0 Å². The average molecular weight is 479 g/mol. The summed E-state index contributed by atoms with van der Waals surface area (Å²) in [6, 6.07) is 11.2. The van der Waals surface area contributed by atoms with E-state index in [-0.39, 0.29) is 17.5 Å². The minimum absolute atomic E-state index is 0.0693. The topological polar surface area (TPSA) is 59.8 Å². The Bertz CT molecular complexity index is 1130. The summed E-state index contributed by atoms with van der Waals surface area (Å²) in [7, 11) is 0. The van der Waals surface area contributed by atoms with Gasteiger partial charge in [-0.3, -0.25) is 9.36 Å². The van der Waals surface area contributed by atoms with Gasteiger partial charge in [0, 0.05) is 6.04 Å². The monoisotopic (exact) mass is 478 g/mol. The van der Waals surface area contributed by atoms with Crippen LogP contribution in [0.2, 0.25) is 0 Å². The first-order valence-electron chi connectivity index (χ1n) is 10.6. The fraction of sp³-hybridized carbons (Fsp3) is 0.348. The molecule has 2 aromatic carbocycles. The zero-order valence-electron chi connectivity index (χ0n) is 17.6. The van der Waals surface area contributed by atoms with Gasteiger partial charge < -0.3 is 5.32 Å². The number of carbonyl (C=O) groups excluding carboxylic acids is 1. The number of halogens is 4. The highest BCUT2D eigenvalue weighted by atomic mass is 32.2. The number of anilines is 1. The van der Waals surface area contributed by atoms with E-state index in [9.17, 15) is 22.4 Å². The lowest BCUT2D eigenvalue weighted by molar-refractivity contribution is -0.137. The third-order valence-corrected chi connectivity index (χ3v) is 6.50. The molecule has 1 heterocycles. The van der Waals surface area contributed by atoms with Crippen molar-refractivity contribution in [2.75, 3.05) is 11.1 Å². The van der Waals surface area contributed by atoms with Gasteiger partial charge in [-0.1, -0.05) is 55.3 Å². The molecular formula is C23H22F4N4OS. The molecule has 0 unspecified atom stereocenters. The second-order valence-corrected chi connectivity index (χ2v) is 8.77. The molecule has 3 aromatic rings. The summed E-state index contributed by atoms with van der Waals surface area (Å²) in [5.74, 6) is -0.776. The van der Waals surface area contributed by atoms with Crippen LogP contribution in [0.4, 0.5) is 23.2 Å². The first-order valence-corrected chi connectivity index (χ1v) is 11.6. The highest BCUT2D eigenvalue weighted by Crippen LogP contribution is 2.37. The number of benzene rings is 2. The van der Waals surface area contributed by atoms with Gasteiger partial charge in [-0.15, -0.1) is 10.2 Å². The van der Waals surface area contributed by atoms with Gasteiger partial charge in [0.05, 0.1) is 22.6 Å². The van der Waals surface area contributed by atoms with Crippen molar-refractivity contribution in [1.82, 2.24) is 14.8 Å². The van der Waals surface area contributed by atoms with E-state index in [4.69, 9.17) is 0 Å². The molecule has 0 saturated heterocycles. The molecule has 0 bridgehead atoms. The maximum absolute atomic E-state index is 14.5. The number of carbonyl (C=O) groups is 1. The molecule has 33 heavy (non-hydrogen) atoms. The fourth-order valence-corrected chi connectivity index (χ4v) is 4.83. The Morgan fingerprint density at radius 3 is 2.45 bits per heavy atom. The average Bonchev–Trinajstić information content (AvgIpc) is 3.22. The van der Waals surface area contributed by atoms with E-state index in [1.165, 1.54) is 24.3 Å². The normalized spacial score (nSPS) is 14.9. The van der Waals surface area contributed by atoms with E-state index in [1.54, 1.807) is 18.2 Å². The fourth-order valence-electron chi connectivity index (χ4n) is 4.03. The van der Waals surface area contributed by atoms with E-state index in [1.807, 2.05) is 4.57 Å². The van der Waals surface area contributed by atoms with Gasteiger partial charge in [0.15, 0.2) is 11.0 Å². The Labute approximate surface area is 192 Å². The minimum atomic E-state index is -4.58. The van der Waals surface area contributed by atoms with Crippen LogP contribution >= 0.6 is 11.8 Å². The van der Waals surface area contributed by atoms with Crippen LogP contribution in [0, 0.1) is 5.82 Å². The number of rotatable bonds is 6. The van der Waals surface area contributed by atoms with Crippen molar-refractivity contribution in [3.63, 3.8) is 0 Å². The molecule has 0 aliphatic heterocycles. The first kappa shape index (κ1) is 23.3. The van der Waals surface area contributed by atoms with Crippen molar-refractivity contribution < 1.29 is 22.4 Å². The third kappa shape index (κ3) is 5.38. The molecule has 4 rings (SSSR count). The molecule has 1 aliphatic carbocycles. The summed E-state index contributed by atoms with van der Waals surface area (Å²) in [4.78, 5) is 12.5. The van der Waals surface area contributed by atoms with Gasteiger partial charge in [0.2, 0.25) is 5.91 Å². The highest BCUT2D eigenvalue weighted by molar-refractivity contribution is 7.99. The smallest absolute Gasteiger partial charge is 0.325 e. The zero-order chi connectivity index (χ0) is 23.4. The molecule has 5 nitrogen and oxygen atoms in total. The maximum atomic E-state index is 14.5. The number of nitrogens with zero attached hydrogens (tertiary/aromatic N) is 3. The highest BCUT2D eigenvalue weighted by Gasteiger charge is 2.33. The molecule has 0 radical (unpaired) electrons. The van der Waals surface area contributed by atoms with Gasteiger partial charge in [-0.25, -0.2) is 4.39 Å². The summed E-state index contributed by atoms with van der Waals surface area (Å²) in [6.07, 6.45) is 0.372. The van der Waals surface area contributed by atoms with E-state index < -0.39 is 23.5 Å². The van der Waals surface area contributed by atoms with Crippen molar-refractivity contribution >= 4 is 23.4 Å². The van der Waals surface area contributed by atoms with E-state index in [0.29, 0.717) is 16.5 Å². The van der Waals surface area contributed by atoms with Crippen LogP contribution in [0.1, 0.15) is 43.7 Å². The molecule has 0 spiro atoms. The summed E-state index contributed by atoms with van der Waals surface area (Å²) in [6.45, 7) is 0. The minimum Gasteiger partial charge on any atom is -0.325 e. The van der Waals surface area contributed by atoms with Crippen molar-refractivity contribution in [3.8, 4) is 11.4 Å². The van der Waals surface area contributed by atoms with Crippen molar-refractivity contribution in [3.05, 3.63) is 59.9 Å². The first-order chi connectivity index (χ1) is 15.8. The van der Waals surface area contributed by atoms with E-state index in [0.717, 1.165) is 49.9 Å². The molecule has 174 valence electrons. The van der Waals surface area contributed by atoms with Crippen LogP contribution < -0.4 is 5.32 Å². The van der Waals surface area contributed by atoms with Crippen molar-refractivity contribution in [2.45, 2.75) is 49.5 Å². The molecular weight excluding hydrogens is 456 g/mol. The summed E-state index contributed by atoms with van der Waals surface area (Å²) in [5.41, 5.74) is -0.877. The maximum Gasteiger partial charge on any atom is 0.418 e. The number of hydrogen-bond acceptors (Lipinski definition) is 4. The zero-order valence-corrected chi connectivity index (χ0v) is 18.4. The van der Waals surface area contributed by atoms with Crippen LogP contribution in [-0.4, -0.2) is 26.4 Å². The lowest BCUT2D eigenvalue weighted by Gasteiger charge is -2.25. The summed E-state index contributed by atoms with van der Waals surface area (Å²) >= 11 is 1.08. The molecule has 10 heteroatoms. The SMILES string of the molecule is O=C(CSc1nnc(-c2ccccc2F)n1C1CCCCC1)Nc1ccccc1C(F)(F)F. The number of amides is 1. The largest absolute Gasteiger partial charge is 0.418 e. The van der Waals surface area contributed by atoms with Gasteiger partial charge in [-0.2, -0.15) is 13.2 Å². The molecule has 0 atom stereocenters. The van der Waals surface area contributed by atoms with Crippen LogP contribution in [0.5, 0.6) is 0 Å². The Kier molecular flexibility index (Phi) is 7.02. The number of nitrogens with one attached hydrogen (secondary N) is 1. The van der Waals surface area contributed by atoms with Crippen molar-refractivity contribution in [1.29, 1.82) is 0 Å². The molecule has 1 fully saturated rings. The van der Waals surface area contributed by atoms with Crippen LogP contribution in [0.15, 0.2) is 53.7 Å². The van der Waals surface area contributed by atoms with E-state index >= 15 is 0 Å². The molecule has 1 saturated carbocycles. The predicted molar refractivity (Wildman–Crippen MR) is 118 cm³/mol. The molecule has 1 amide bonds. The molecule has 1 aliphatic rings. The number of thioether (sulfide) groups is 1. The Hall–Kier alpha value is -2.88. The lowest BCUT2D eigenvalue weighted by atomic mass is 9.95. The van der Waals surface area contributed by atoms with Crippen molar-refractivity contribution in [2.24, 2.45) is 0 Å². The lowest BCUT2D eigenvalue weighted by Crippen LogP contribution is -2.19. The van der Waals surface area contributed by atoms with Gasteiger partial charge in [0.1, 0.15) is 5.82 Å². The Morgan fingerprint density at radius 1 is 1.03 bits per heavy atom. The second-order valence-electron chi connectivity index (χ2n) is 7.83. The van der Waals surface area contributed by atoms with Gasteiger partial charge in [-0.05, 0) is 37.1 Å². The molecule has 1 aromatic heterocycles. The van der Waals surface area contributed by atoms with Gasteiger partial charge >= 0.3 is 6.18 Å². The number of aromatic nitrogens is 3. The summed E-state index contributed by atoms with van der Waals surface area (Å²) < 4.78 is 55.9. The quantitative estimate of drug-likeness (QED) is 0.332. The number of para-hydroxylation sites is 1. The second kappa shape index (κ2) is 9.94. The Balaban J connectivity index is 1.55. The van der Waals surface area contributed by atoms with Crippen LogP contribution in [0.25, 0.3) is 11.4 Å². The number of alkyl halides is 3. The number of hydrogen-bond donors (Lipinski definition) is 1. The molecule has 1 N–H and O–H groups in total.